The number of aliphatic hydroxyl groups is 2. The van der Waals surface area contributed by atoms with E-state index in [0.717, 1.165) is 0 Å². The molecule has 14 heteroatoms. The molecule has 4 N–H and O–H groups in total. The summed E-state index contributed by atoms with van der Waals surface area (Å²) in [6.07, 6.45) is 4.59. The molecule has 3 aromatic carbocycles. The highest BCUT2D eigenvalue weighted by Crippen LogP contribution is 2.44. The quantitative estimate of drug-likeness (QED) is 0.0587. The van der Waals surface area contributed by atoms with Gasteiger partial charge in [-0.05, 0) is 32.1 Å². The number of phenolic OH excluding ortho intramolecular Hbond substituents is 1. The van der Waals surface area contributed by atoms with Crippen LogP contribution in [0.1, 0.15) is 71.3 Å². The van der Waals surface area contributed by atoms with Crippen LogP contribution in [0.25, 0.3) is 32.8 Å². The van der Waals surface area contributed by atoms with Crippen molar-refractivity contribution in [2.45, 2.75) is 92.5 Å². The molecule has 14 nitrogen and oxygen atoms in total. The van der Waals surface area contributed by atoms with Crippen molar-refractivity contribution < 1.29 is 48.7 Å². The molecule has 1 aromatic heterocycles. The first kappa shape index (κ1) is 44.5. The summed E-state index contributed by atoms with van der Waals surface area (Å²) in [4.78, 5) is 58.6. The Hall–Kier alpha value is -5.57. The maximum absolute atomic E-state index is 14.3. The fourth-order valence-electron chi connectivity index (χ4n) is 7.90. The summed E-state index contributed by atoms with van der Waals surface area (Å²) in [5.74, 6) is -5.69. The normalized spacial score (nSPS) is 27.9. The van der Waals surface area contributed by atoms with Crippen molar-refractivity contribution in [3.05, 3.63) is 81.8 Å². The molecule has 4 bridgehead atoms. The van der Waals surface area contributed by atoms with Gasteiger partial charge in [-0.25, -0.2) is 4.98 Å². The number of aliphatic hydroxyl groups excluding tert-OH is 2. The number of aryl methyl sites for hydroxylation is 1. The highest BCUT2D eigenvalue weighted by molar-refractivity contribution is 6.23. The number of allylic oxidation sites excluding steroid dienone is 2. The Bertz CT molecular complexity index is 2430. The van der Waals surface area contributed by atoms with Gasteiger partial charge in [0, 0.05) is 75.1 Å². The van der Waals surface area contributed by atoms with Crippen LogP contribution in [0.5, 0.6) is 11.5 Å². The average Bonchev–Trinajstić information content (AvgIpc) is 3.19. The summed E-state index contributed by atoms with van der Waals surface area (Å²) in [5, 5.41) is 37.5. The van der Waals surface area contributed by atoms with Crippen molar-refractivity contribution in [2.24, 2.45) is 30.7 Å². The number of hydrogen-bond acceptors (Lipinski definition) is 12. The van der Waals surface area contributed by atoms with E-state index in [2.05, 4.69) is 5.32 Å². The number of phenols is 1. The Labute approximate surface area is 343 Å². The van der Waals surface area contributed by atoms with Crippen LogP contribution in [-0.4, -0.2) is 80.3 Å². The summed E-state index contributed by atoms with van der Waals surface area (Å²) in [6, 6.07) is 7.18. The molecule has 6 rings (SSSR count). The van der Waals surface area contributed by atoms with Gasteiger partial charge in [-0.1, -0.05) is 58.1 Å². The van der Waals surface area contributed by atoms with Crippen molar-refractivity contribution in [3.8, 4) is 11.5 Å². The number of rotatable bonds is 3. The molecule has 4 aromatic rings. The molecule has 1 amide bonds. The number of nitrogens with one attached hydrogen (secondary N) is 1. The van der Waals surface area contributed by atoms with Crippen LogP contribution in [-0.2, 0) is 30.8 Å². The average molecular weight is 814 g/mol. The van der Waals surface area contributed by atoms with Gasteiger partial charge in [0.15, 0.2) is 17.5 Å². The molecule has 2 aliphatic rings. The number of aromatic nitrogens is 2. The van der Waals surface area contributed by atoms with Crippen molar-refractivity contribution in [2.75, 3.05) is 12.4 Å². The minimum atomic E-state index is -1.51. The Morgan fingerprint density at radius 2 is 1.68 bits per heavy atom. The molecule has 59 heavy (non-hydrogen) atoms. The Kier molecular flexibility index (Phi) is 13.4. The number of amides is 1. The molecular formula is C45H55N3O11. The first-order chi connectivity index (χ1) is 27.8. The van der Waals surface area contributed by atoms with Gasteiger partial charge in [-0.15, -0.1) is 0 Å². The van der Waals surface area contributed by atoms with Crippen LogP contribution in [0.4, 0.5) is 5.69 Å². The number of methoxy groups -OCH3 is 1. The first-order valence-corrected chi connectivity index (χ1v) is 19.6. The van der Waals surface area contributed by atoms with Crippen molar-refractivity contribution in [3.63, 3.8) is 0 Å². The Morgan fingerprint density at radius 3 is 2.32 bits per heavy atom. The summed E-state index contributed by atoms with van der Waals surface area (Å²) < 4.78 is 25.7. The molecule has 0 saturated heterocycles. The maximum atomic E-state index is 14.3. The van der Waals surface area contributed by atoms with Gasteiger partial charge in [0.25, 0.3) is 5.91 Å². The standard InChI is InChI=1S/C45H55N3O11/c1-22-15-14-16-23(2)44(55)47-36-37-35(46-30-17-12-13-18-31(30)48(37)10)33-29(21-49)43(27(6)40(53)34(33)41(36)54)59-45(8,9)57-20-19-32(56-11)24(3)42(58-28(7)50)26(5)39(52)25(4)38(22)51/h12-22,24-26,32,38-39,42,51-52,54H,1-11H3,(H,47,55)/b15-14+,20-19+,23-16-/t22-,24+,25+,26+,32-,38-,39+,42+/m0/s1. The second-order valence-electron chi connectivity index (χ2n) is 16.0. The number of carbonyl (C=O) groups is 3. The number of esters is 1. The molecule has 0 spiro atoms. The van der Waals surface area contributed by atoms with Gasteiger partial charge in [0.2, 0.25) is 5.79 Å². The van der Waals surface area contributed by atoms with E-state index in [1.165, 1.54) is 33.3 Å². The summed E-state index contributed by atoms with van der Waals surface area (Å²) >= 11 is 0. The minimum absolute atomic E-state index is 0.00484. The van der Waals surface area contributed by atoms with Gasteiger partial charge in [0.05, 0.1) is 57.6 Å². The molecule has 316 valence electrons. The predicted octanol–water partition coefficient (Wildman–Crippen LogP) is 6.38. The lowest BCUT2D eigenvalue weighted by Crippen LogP contribution is -2.46. The van der Waals surface area contributed by atoms with Crippen LogP contribution in [0, 0.1) is 30.6 Å². The zero-order chi connectivity index (χ0) is 43.7. The van der Waals surface area contributed by atoms with Gasteiger partial charge in [0.1, 0.15) is 17.5 Å². The number of fused-ring (bicyclic) bond motifs is 17. The lowest BCUT2D eigenvalue weighted by molar-refractivity contribution is -0.160. The lowest BCUT2D eigenvalue weighted by Gasteiger charge is -2.38. The van der Waals surface area contributed by atoms with Gasteiger partial charge in [-0.3, -0.25) is 19.2 Å². The maximum Gasteiger partial charge on any atom is 0.302 e. The van der Waals surface area contributed by atoms with E-state index in [4.69, 9.17) is 23.9 Å². The van der Waals surface area contributed by atoms with E-state index in [9.17, 15) is 34.5 Å². The number of aromatic hydroxyl groups is 1. The minimum Gasteiger partial charge on any atom is -0.505 e. The third-order valence-electron chi connectivity index (χ3n) is 11.4. The fourth-order valence-corrected chi connectivity index (χ4v) is 7.90. The highest BCUT2D eigenvalue weighted by Gasteiger charge is 2.39. The summed E-state index contributed by atoms with van der Waals surface area (Å²) in [5.41, 5.74) is 0.923. The number of anilines is 1. The smallest absolute Gasteiger partial charge is 0.302 e. The molecule has 0 saturated carbocycles. The van der Waals surface area contributed by atoms with Crippen molar-refractivity contribution in [1.29, 1.82) is 0 Å². The molecular weight excluding hydrogens is 759 g/mol. The van der Waals surface area contributed by atoms with E-state index in [0.29, 0.717) is 17.3 Å². The molecule has 8 atom stereocenters. The number of benzene rings is 3. The number of hydrogen-bond donors (Lipinski definition) is 4. The summed E-state index contributed by atoms with van der Waals surface area (Å²) in [6.45, 7) is 14.5. The van der Waals surface area contributed by atoms with E-state index in [-0.39, 0.29) is 49.9 Å². The Morgan fingerprint density at radius 1 is 1.00 bits per heavy atom. The fraction of sp³-hybridized carbons (Fsp3) is 0.444. The third-order valence-corrected chi connectivity index (χ3v) is 11.4. The number of nitrogens with zero attached hydrogens (tertiary/aromatic N) is 2. The first-order valence-electron chi connectivity index (χ1n) is 19.6. The SMILES string of the molecule is CO[C@H]1/C=C/OC(C)(C)Oc2c(C)c(=O)c3c(O)c(c4c(nc5ccccc5n4C)c3c2C=O)NC(=O)/C(C)=C\C=C\[C@H](C)[C@H](O)[C@@H](C)[C@@H](O)[C@@H](C)[C@H](OC(C)=O)[C@@H]1C. The number of aldehydes is 1. The van der Waals surface area contributed by atoms with E-state index < -0.39 is 76.9 Å². The second-order valence-corrected chi connectivity index (χ2v) is 16.0. The predicted molar refractivity (Wildman–Crippen MR) is 225 cm³/mol. The van der Waals surface area contributed by atoms with Crippen LogP contribution >= 0.6 is 0 Å². The largest absolute Gasteiger partial charge is 0.505 e. The molecule has 0 unspecified atom stereocenters. The van der Waals surface area contributed by atoms with Crippen molar-refractivity contribution in [1.82, 2.24) is 9.55 Å². The Balaban J connectivity index is 1.78. The number of carbonyl (C=O) groups excluding carboxylic acids is 3. The summed E-state index contributed by atoms with van der Waals surface area (Å²) in [7, 11) is 3.19. The molecule has 0 aliphatic carbocycles. The van der Waals surface area contributed by atoms with Crippen molar-refractivity contribution >= 4 is 56.7 Å². The van der Waals surface area contributed by atoms with E-state index >= 15 is 0 Å². The molecule has 0 radical (unpaired) electrons. The monoisotopic (exact) mass is 813 g/mol. The number of ether oxygens (including phenoxy) is 4. The topological polar surface area (TPSA) is 196 Å². The molecule has 0 fully saturated rings. The van der Waals surface area contributed by atoms with Crippen LogP contribution in [0.15, 0.2) is 65.2 Å². The zero-order valence-corrected chi connectivity index (χ0v) is 35.4. The molecule has 3 heterocycles. The van der Waals surface area contributed by atoms with Crippen LogP contribution in [0.2, 0.25) is 0 Å². The second kappa shape index (κ2) is 17.7. The van der Waals surface area contributed by atoms with Gasteiger partial charge < -0.3 is 44.2 Å². The number of para-hydroxylation sites is 2. The molecule has 2 aliphatic heterocycles. The van der Waals surface area contributed by atoms with Crippen LogP contribution in [0.3, 0.4) is 0 Å². The van der Waals surface area contributed by atoms with E-state index in [1.807, 2.05) is 12.1 Å². The third kappa shape index (κ3) is 8.75. The highest BCUT2D eigenvalue weighted by atomic mass is 16.7. The van der Waals surface area contributed by atoms with Gasteiger partial charge in [-0.2, -0.15) is 0 Å². The van der Waals surface area contributed by atoms with E-state index in [1.54, 1.807) is 90.4 Å². The van der Waals surface area contributed by atoms with Gasteiger partial charge >= 0.3 is 5.97 Å². The van der Waals surface area contributed by atoms with Crippen LogP contribution < -0.4 is 15.5 Å². The zero-order valence-electron chi connectivity index (χ0n) is 35.4. The lowest BCUT2D eigenvalue weighted by atomic mass is 9.78.